The molecule has 1 aromatic heterocycles. The molecule has 0 N–H and O–H groups in total. The predicted molar refractivity (Wildman–Crippen MR) is 79.9 cm³/mol. The number of carbonyl (C=O) groups is 1. The number of nitrogens with zero attached hydrogens (tertiary/aromatic N) is 2. The summed E-state index contributed by atoms with van der Waals surface area (Å²) in [6.45, 7) is 5.90. The second-order valence-corrected chi connectivity index (χ2v) is 5.66. The maximum Gasteiger partial charge on any atom is 0.272 e. The van der Waals surface area contributed by atoms with Crippen LogP contribution >= 0.6 is 11.8 Å². The number of amides is 1. The van der Waals surface area contributed by atoms with Crippen molar-refractivity contribution in [2.75, 3.05) is 19.1 Å². The molecule has 0 bridgehead atoms. The van der Waals surface area contributed by atoms with Crippen molar-refractivity contribution in [1.82, 2.24) is 9.88 Å². The van der Waals surface area contributed by atoms with Crippen LogP contribution in [-0.4, -0.2) is 47.0 Å². The maximum absolute atomic E-state index is 12.3. The van der Waals surface area contributed by atoms with Gasteiger partial charge < -0.3 is 9.64 Å². The lowest BCUT2D eigenvalue weighted by Crippen LogP contribution is -2.37. The Bertz CT molecular complexity index is 424. The Balaban J connectivity index is 2.81. The van der Waals surface area contributed by atoms with E-state index in [4.69, 9.17) is 4.74 Å². The highest BCUT2D eigenvalue weighted by Crippen LogP contribution is 2.13. The third kappa shape index (κ3) is 4.74. The molecule has 5 heteroatoms. The van der Waals surface area contributed by atoms with Crippen molar-refractivity contribution < 1.29 is 9.53 Å². The van der Waals surface area contributed by atoms with E-state index < -0.39 is 0 Å². The first kappa shape index (κ1) is 15.8. The molecule has 1 amide bonds. The third-order valence-corrected chi connectivity index (χ3v) is 3.50. The lowest BCUT2D eigenvalue weighted by molar-refractivity contribution is 0.0749. The standard InChI is InChI=1S/C14H22N2O2S/c1-10(2)18-13-8-6-7-12(15-13)14(17)16(4)11(3)9-19-5/h6-8,10-11H,9H2,1-5H3. The SMILES string of the molecule is CSCC(C)N(C)C(=O)c1cccc(OC(C)C)n1. The van der Waals surface area contributed by atoms with E-state index in [1.165, 1.54) is 0 Å². The van der Waals surface area contributed by atoms with Gasteiger partial charge in [0.2, 0.25) is 5.88 Å². The normalized spacial score (nSPS) is 12.3. The van der Waals surface area contributed by atoms with E-state index >= 15 is 0 Å². The van der Waals surface area contributed by atoms with Gasteiger partial charge in [-0.3, -0.25) is 4.79 Å². The van der Waals surface area contributed by atoms with Gasteiger partial charge >= 0.3 is 0 Å². The fraction of sp³-hybridized carbons (Fsp3) is 0.571. The molecule has 1 rings (SSSR count). The Morgan fingerprint density at radius 1 is 1.42 bits per heavy atom. The van der Waals surface area contributed by atoms with Crippen LogP contribution in [0.5, 0.6) is 5.88 Å². The molecule has 1 aromatic rings. The highest BCUT2D eigenvalue weighted by atomic mass is 32.2. The summed E-state index contributed by atoms with van der Waals surface area (Å²) in [7, 11) is 1.81. The van der Waals surface area contributed by atoms with Gasteiger partial charge in [-0.05, 0) is 33.1 Å². The summed E-state index contributed by atoms with van der Waals surface area (Å²) in [5, 5.41) is 0. The zero-order valence-corrected chi connectivity index (χ0v) is 13.0. The van der Waals surface area contributed by atoms with Crippen LogP contribution in [0.1, 0.15) is 31.3 Å². The minimum Gasteiger partial charge on any atom is -0.475 e. The molecule has 1 unspecified atom stereocenters. The number of rotatable bonds is 6. The zero-order valence-electron chi connectivity index (χ0n) is 12.2. The van der Waals surface area contributed by atoms with Crippen LogP contribution < -0.4 is 4.74 Å². The largest absolute Gasteiger partial charge is 0.475 e. The zero-order chi connectivity index (χ0) is 14.4. The van der Waals surface area contributed by atoms with Crippen LogP contribution in [0, 0.1) is 0 Å². The average Bonchev–Trinajstić information content (AvgIpc) is 2.36. The molecular formula is C14H22N2O2S. The minimum atomic E-state index is -0.0734. The van der Waals surface area contributed by atoms with Crippen LogP contribution in [-0.2, 0) is 0 Å². The number of thioether (sulfide) groups is 1. The molecule has 0 aliphatic carbocycles. The number of ether oxygens (including phenoxy) is 1. The van der Waals surface area contributed by atoms with Crippen molar-refractivity contribution >= 4 is 17.7 Å². The maximum atomic E-state index is 12.3. The number of hydrogen-bond donors (Lipinski definition) is 0. The summed E-state index contributed by atoms with van der Waals surface area (Å²) >= 11 is 1.72. The van der Waals surface area contributed by atoms with E-state index in [1.54, 1.807) is 41.9 Å². The van der Waals surface area contributed by atoms with Gasteiger partial charge in [-0.25, -0.2) is 4.98 Å². The van der Waals surface area contributed by atoms with Crippen LogP contribution in [0.15, 0.2) is 18.2 Å². The Morgan fingerprint density at radius 3 is 2.68 bits per heavy atom. The first-order valence-corrected chi connectivity index (χ1v) is 7.75. The van der Waals surface area contributed by atoms with Crippen molar-refractivity contribution in [2.24, 2.45) is 0 Å². The molecule has 0 aliphatic rings. The molecule has 0 saturated heterocycles. The summed E-state index contributed by atoms with van der Waals surface area (Å²) < 4.78 is 5.51. The molecule has 0 spiro atoms. The molecule has 19 heavy (non-hydrogen) atoms. The fourth-order valence-electron chi connectivity index (χ4n) is 1.57. The molecule has 0 aliphatic heterocycles. The predicted octanol–water partition coefficient (Wildman–Crippen LogP) is 2.69. The molecule has 1 heterocycles. The highest BCUT2D eigenvalue weighted by molar-refractivity contribution is 7.98. The van der Waals surface area contributed by atoms with Crippen LogP contribution in [0.25, 0.3) is 0 Å². The van der Waals surface area contributed by atoms with E-state index in [2.05, 4.69) is 4.98 Å². The number of hydrogen-bond acceptors (Lipinski definition) is 4. The van der Waals surface area contributed by atoms with Gasteiger partial charge in [0.05, 0.1) is 6.10 Å². The van der Waals surface area contributed by atoms with E-state index in [9.17, 15) is 4.79 Å². The summed E-state index contributed by atoms with van der Waals surface area (Å²) in [5.74, 6) is 1.33. The van der Waals surface area contributed by atoms with Crippen LogP contribution in [0.3, 0.4) is 0 Å². The molecule has 0 saturated carbocycles. The van der Waals surface area contributed by atoms with Gasteiger partial charge in [-0.1, -0.05) is 6.07 Å². The van der Waals surface area contributed by atoms with Crippen molar-refractivity contribution in [3.05, 3.63) is 23.9 Å². The summed E-state index contributed by atoms with van der Waals surface area (Å²) in [5.41, 5.74) is 0.425. The van der Waals surface area contributed by atoms with Crippen molar-refractivity contribution in [2.45, 2.75) is 32.9 Å². The van der Waals surface area contributed by atoms with Crippen LogP contribution in [0.2, 0.25) is 0 Å². The summed E-state index contributed by atoms with van der Waals surface area (Å²) in [6.07, 6.45) is 2.08. The average molecular weight is 282 g/mol. The van der Waals surface area contributed by atoms with Gasteiger partial charge in [0.15, 0.2) is 0 Å². The molecule has 106 valence electrons. The van der Waals surface area contributed by atoms with E-state index in [-0.39, 0.29) is 18.1 Å². The Hall–Kier alpha value is -1.23. The first-order chi connectivity index (χ1) is 8.95. The van der Waals surface area contributed by atoms with Crippen LogP contribution in [0.4, 0.5) is 0 Å². The van der Waals surface area contributed by atoms with Gasteiger partial charge in [0, 0.05) is 24.9 Å². The first-order valence-electron chi connectivity index (χ1n) is 6.35. The van der Waals surface area contributed by atoms with E-state index in [1.807, 2.05) is 27.0 Å². The van der Waals surface area contributed by atoms with Gasteiger partial charge in [0.25, 0.3) is 5.91 Å². The van der Waals surface area contributed by atoms with Crippen molar-refractivity contribution in [1.29, 1.82) is 0 Å². The van der Waals surface area contributed by atoms with Gasteiger partial charge in [-0.15, -0.1) is 0 Å². The molecule has 0 aromatic carbocycles. The number of carbonyl (C=O) groups excluding carboxylic acids is 1. The lowest BCUT2D eigenvalue weighted by Gasteiger charge is -2.24. The smallest absolute Gasteiger partial charge is 0.272 e. The fourth-order valence-corrected chi connectivity index (χ4v) is 2.28. The second kappa shape index (κ2) is 7.38. The summed E-state index contributed by atoms with van der Waals surface area (Å²) in [6, 6.07) is 5.46. The van der Waals surface area contributed by atoms with Crippen molar-refractivity contribution in [3.63, 3.8) is 0 Å². The summed E-state index contributed by atoms with van der Waals surface area (Å²) in [4.78, 5) is 18.3. The van der Waals surface area contributed by atoms with Gasteiger partial charge in [-0.2, -0.15) is 11.8 Å². The molecule has 0 radical (unpaired) electrons. The van der Waals surface area contributed by atoms with Gasteiger partial charge in [0.1, 0.15) is 5.69 Å². The topological polar surface area (TPSA) is 42.4 Å². The monoisotopic (exact) mass is 282 g/mol. The third-order valence-electron chi connectivity index (χ3n) is 2.69. The number of pyridine rings is 1. The number of aromatic nitrogens is 1. The molecular weight excluding hydrogens is 260 g/mol. The quantitative estimate of drug-likeness (QED) is 0.804. The van der Waals surface area contributed by atoms with E-state index in [0.717, 1.165) is 5.75 Å². The van der Waals surface area contributed by atoms with E-state index in [0.29, 0.717) is 11.6 Å². The Morgan fingerprint density at radius 2 is 2.11 bits per heavy atom. The van der Waals surface area contributed by atoms with Crippen molar-refractivity contribution in [3.8, 4) is 5.88 Å². The molecule has 0 fully saturated rings. The molecule has 4 nitrogen and oxygen atoms in total. The lowest BCUT2D eigenvalue weighted by atomic mass is 10.2. The Labute approximate surface area is 119 Å². The second-order valence-electron chi connectivity index (χ2n) is 4.75. The minimum absolute atomic E-state index is 0.0472. The molecule has 1 atom stereocenters. The highest BCUT2D eigenvalue weighted by Gasteiger charge is 2.18. The Kier molecular flexibility index (Phi) is 6.15.